The molecule has 6 nitrogen and oxygen atoms in total. The van der Waals surface area contributed by atoms with Crippen LogP contribution in [0.3, 0.4) is 0 Å². The predicted molar refractivity (Wildman–Crippen MR) is 144 cm³/mol. The Morgan fingerprint density at radius 1 is 1.31 bits per heavy atom. The summed E-state index contributed by atoms with van der Waals surface area (Å²) in [5.74, 6) is 2.12. The molecule has 1 saturated heterocycles. The van der Waals surface area contributed by atoms with E-state index >= 15 is 0 Å². The highest BCUT2D eigenvalue weighted by Crippen LogP contribution is 2.27. The fourth-order valence-corrected chi connectivity index (χ4v) is 4.27. The van der Waals surface area contributed by atoms with Crippen LogP contribution in [0, 0.1) is 18.3 Å². The van der Waals surface area contributed by atoms with Gasteiger partial charge in [0.2, 0.25) is 0 Å². The summed E-state index contributed by atoms with van der Waals surface area (Å²) in [6, 6.07) is 5.25. The number of nitrogens with two attached hydrogens (primary N) is 1. The van der Waals surface area contributed by atoms with E-state index in [1.54, 1.807) is 13.0 Å². The van der Waals surface area contributed by atoms with Gasteiger partial charge in [0.05, 0.1) is 19.0 Å². The first-order valence-electron chi connectivity index (χ1n) is 12.8. The third-order valence-electron chi connectivity index (χ3n) is 6.62. The second-order valence-corrected chi connectivity index (χ2v) is 10.6. The van der Waals surface area contributed by atoms with Crippen molar-refractivity contribution in [3.63, 3.8) is 0 Å². The molecule has 0 aromatic heterocycles. The van der Waals surface area contributed by atoms with Gasteiger partial charge < -0.3 is 25.8 Å². The van der Waals surface area contributed by atoms with E-state index in [0.717, 1.165) is 55.9 Å². The lowest BCUT2D eigenvalue weighted by Crippen LogP contribution is -2.36. The molecular weight excluding hydrogens is 438 g/mol. The molecule has 4 N–H and O–H groups in total. The Labute approximate surface area is 211 Å². The van der Waals surface area contributed by atoms with Gasteiger partial charge in [-0.2, -0.15) is 0 Å². The first-order chi connectivity index (χ1) is 16.5. The van der Waals surface area contributed by atoms with E-state index in [-0.39, 0.29) is 24.0 Å². The lowest BCUT2D eigenvalue weighted by Gasteiger charge is -2.33. The number of hydrogen-bond donors (Lipinski definition) is 3. The summed E-state index contributed by atoms with van der Waals surface area (Å²) in [6.45, 7) is 16.7. The molecule has 1 fully saturated rings. The minimum absolute atomic E-state index is 0.0575. The number of piperidine rings is 1. The van der Waals surface area contributed by atoms with Gasteiger partial charge in [0.25, 0.3) is 5.91 Å². The normalized spacial score (nSPS) is 16.7. The van der Waals surface area contributed by atoms with Crippen molar-refractivity contribution in [2.24, 2.45) is 17.1 Å². The van der Waals surface area contributed by atoms with Crippen LogP contribution in [-0.4, -0.2) is 48.3 Å². The number of nitrogens with zero attached hydrogens (tertiary/aromatic N) is 1. The topological polar surface area (TPSA) is 87.8 Å². The average molecular weight is 484 g/mol. The largest absolute Gasteiger partial charge is 0.494 e. The zero-order valence-corrected chi connectivity index (χ0v) is 22.3. The molecule has 1 aromatic rings. The number of allylic oxidation sites excluding steroid dienone is 4. The monoisotopic (exact) mass is 483 g/mol. The minimum atomic E-state index is -0.271. The van der Waals surface area contributed by atoms with E-state index in [4.69, 9.17) is 15.6 Å². The van der Waals surface area contributed by atoms with Gasteiger partial charge in [0.15, 0.2) is 0 Å². The molecule has 1 heterocycles. The number of aliphatic hydroxyl groups excluding tert-OH is 1. The highest BCUT2D eigenvalue weighted by atomic mass is 16.5. The summed E-state index contributed by atoms with van der Waals surface area (Å²) in [5, 5.41) is 11.9. The van der Waals surface area contributed by atoms with Gasteiger partial charge in [-0.25, -0.2) is 0 Å². The first-order valence-corrected chi connectivity index (χ1v) is 12.8. The Hall–Kier alpha value is -2.73. The van der Waals surface area contributed by atoms with Crippen molar-refractivity contribution in [1.82, 2.24) is 10.2 Å². The van der Waals surface area contributed by atoms with Gasteiger partial charge in [0, 0.05) is 24.7 Å². The fourth-order valence-electron chi connectivity index (χ4n) is 4.27. The molecule has 0 aliphatic carbocycles. The van der Waals surface area contributed by atoms with Crippen LogP contribution in [0.5, 0.6) is 5.75 Å². The van der Waals surface area contributed by atoms with Crippen molar-refractivity contribution in [2.75, 3.05) is 26.3 Å². The third-order valence-corrected chi connectivity index (χ3v) is 6.62. The molecule has 6 heteroatoms. The van der Waals surface area contributed by atoms with E-state index in [1.807, 2.05) is 31.2 Å². The van der Waals surface area contributed by atoms with Gasteiger partial charge in [-0.15, -0.1) is 0 Å². The molecule has 1 atom stereocenters. The van der Waals surface area contributed by atoms with Crippen molar-refractivity contribution < 1.29 is 14.6 Å². The summed E-state index contributed by atoms with van der Waals surface area (Å²) >= 11 is 0. The molecular formula is C29H45N3O3. The van der Waals surface area contributed by atoms with Crippen LogP contribution in [0.1, 0.15) is 69.3 Å². The molecule has 1 aliphatic rings. The number of likely N-dealkylation sites (tertiary alicyclic amines) is 1. The van der Waals surface area contributed by atoms with E-state index < -0.39 is 0 Å². The SMILES string of the molecule is C=C/C(=C\C=C(/N)N1CCC(CCCOc2ccc(C(=O)N[C@H](C)CO)c(C)c2)CC1)C(C)(C)C. The van der Waals surface area contributed by atoms with Crippen LogP contribution in [0.2, 0.25) is 0 Å². The van der Waals surface area contributed by atoms with Crippen molar-refractivity contribution in [3.05, 3.63) is 65.5 Å². The zero-order chi connectivity index (χ0) is 26.0. The van der Waals surface area contributed by atoms with Crippen LogP contribution < -0.4 is 15.8 Å². The Morgan fingerprint density at radius 3 is 2.57 bits per heavy atom. The lowest BCUT2D eigenvalue weighted by atomic mass is 9.86. The van der Waals surface area contributed by atoms with Crippen LogP contribution >= 0.6 is 0 Å². The lowest BCUT2D eigenvalue weighted by molar-refractivity contribution is 0.0921. The van der Waals surface area contributed by atoms with Crippen LogP contribution in [0.15, 0.2) is 54.4 Å². The predicted octanol–water partition coefficient (Wildman–Crippen LogP) is 4.94. The van der Waals surface area contributed by atoms with Crippen LogP contribution in [0.25, 0.3) is 0 Å². The first kappa shape index (κ1) is 28.5. The minimum Gasteiger partial charge on any atom is -0.494 e. The Kier molecular flexibility index (Phi) is 10.9. The van der Waals surface area contributed by atoms with Crippen LogP contribution in [-0.2, 0) is 0 Å². The number of benzene rings is 1. The number of hydrogen-bond acceptors (Lipinski definition) is 5. The van der Waals surface area contributed by atoms with Gasteiger partial charge in [0.1, 0.15) is 5.75 Å². The summed E-state index contributed by atoms with van der Waals surface area (Å²) < 4.78 is 5.94. The fraction of sp³-hybridized carbons (Fsp3) is 0.552. The Balaban J connectivity index is 1.75. The van der Waals surface area contributed by atoms with Crippen molar-refractivity contribution in [3.8, 4) is 5.75 Å². The number of carbonyl (C=O) groups is 1. The molecule has 0 saturated carbocycles. The quantitative estimate of drug-likeness (QED) is 0.307. The second-order valence-electron chi connectivity index (χ2n) is 10.6. The molecule has 2 rings (SSSR count). The average Bonchev–Trinajstić information content (AvgIpc) is 2.81. The van der Waals surface area contributed by atoms with E-state index in [2.05, 4.69) is 43.6 Å². The number of ether oxygens (including phenoxy) is 1. The maximum atomic E-state index is 12.3. The molecule has 1 aliphatic heterocycles. The molecule has 1 aromatic carbocycles. The maximum Gasteiger partial charge on any atom is 0.251 e. The number of nitrogens with one attached hydrogen (secondary N) is 1. The smallest absolute Gasteiger partial charge is 0.251 e. The number of amides is 1. The Bertz CT molecular complexity index is 906. The molecule has 0 radical (unpaired) electrons. The molecule has 0 unspecified atom stereocenters. The standard InChI is InChI=1S/C29H45N3O3/c1-7-24(29(4,5)6)10-13-27(30)32-16-14-23(15-17-32)9-8-18-35-25-11-12-26(21(2)19-25)28(34)31-22(3)20-33/h7,10-13,19,22-23,33H,1,8-9,14-18,20,30H2,2-6H3,(H,31,34)/b24-10+,27-13+/t22-/m1/s1. The molecule has 0 spiro atoms. The summed E-state index contributed by atoms with van der Waals surface area (Å²) in [6.07, 6.45) is 10.4. The van der Waals surface area contributed by atoms with Crippen molar-refractivity contribution in [2.45, 2.75) is 66.3 Å². The van der Waals surface area contributed by atoms with E-state index in [9.17, 15) is 4.79 Å². The summed E-state index contributed by atoms with van der Waals surface area (Å²) in [5.41, 5.74) is 9.05. The highest BCUT2D eigenvalue weighted by Gasteiger charge is 2.20. The highest BCUT2D eigenvalue weighted by molar-refractivity contribution is 5.95. The van der Waals surface area contributed by atoms with E-state index in [1.165, 1.54) is 5.57 Å². The maximum absolute atomic E-state index is 12.3. The van der Waals surface area contributed by atoms with Crippen molar-refractivity contribution in [1.29, 1.82) is 0 Å². The van der Waals surface area contributed by atoms with Gasteiger partial charge in [-0.05, 0) is 86.3 Å². The third kappa shape index (κ3) is 9.10. The molecule has 0 bridgehead atoms. The number of rotatable bonds is 11. The molecule has 1 amide bonds. The summed E-state index contributed by atoms with van der Waals surface area (Å²) in [4.78, 5) is 14.6. The van der Waals surface area contributed by atoms with E-state index in [0.29, 0.717) is 18.1 Å². The Morgan fingerprint density at radius 2 is 2.00 bits per heavy atom. The second kappa shape index (κ2) is 13.4. The van der Waals surface area contributed by atoms with Gasteiger partial charge >= 0.3 is 0 Å². The molecule has 35 heavy (non-hydrogen) atoms. The molecule has 194 valence electrons. The van der Waals surface area contributed by atoms with Crippen LogP contribution in [0.4, 0.5) is 0 Å². The number of aryl methyl sites for hydroxylation is 1. The number of carbonyl (C=O) groups excluding carboxylic acids is 1. The zero-order valence-electron chi connectivity index (χ0n) is 22.3. The van der Waals surface area contributed by atoms with Gasteiger partial charge in [-0.1, -0.05) is 39.5 Å². The summed E-state index contributed by atoms with van der Waals surface area (Å²) in [7, 11) is 0. The number of aliphatic hydroxyl groups is 1. The van der Waals surface area contributed by atoms with Crippen molar-refractivity contribution >= 4 is 5.91 Å². The van der Waals surface area contributed by atoms with Gasteiger partial charge in [-0.3, -0.25) is 4.79 Å².